The molecule has 7 heteroatoms. The highest BCUT2D eigenvalue weighted by atomic mass is 16.5. The molecule has 2 aromatic carbocycles. The Hall–Kier alpha value is -4.18. The lowest BCUT2D eigenvalue weighted by Gasteiger charge is -2.11. The first-order chi connectivity index (χ1) is 13.2. The van der Waals surface area contributed by atoms with Crippen molar-refractivity contribution in [1.82, 2.24) is 19.5 Å². The summed E-state index contributed by atoms with van der Waals surface area (Å²) in [5, 5.41) is 19.3. The number of nitriles is 1. The third-order valence-corrected chi connectivity index (χ3v) is 3.87. The van der Waals surface area contributed by atoms with Crippen LogP contribution in [0.2, 0.25) is 0 Å². The molecule has 0 amide bonds. The van der Waals surface area contributed by atoms with E-state index in [-0.39, 0.29) is 11.8 Å². The third-order valence-electron chi connectivity index (χ3n) is 3.87. The lowest BCUT2D eigenvalue weighted by atomic mass is 10.1. The number of aromatic nitrogens is 4. The van der Waals surface area contributed by atoms with Crippen LogP contribution in [0.4, 0.5) is 0 Å². The Bertz CT molecular complexity index is 1120. The van der Waals surface area contributed by atoms with Crippen molar-refractivity contribution in [2.24, 2.45) is 0 Å². The average molecular weight is 355 g/mol. The van der Waals surface area contributed by atoms with Gasteiger partial charge in [0.15, 0.2) is 0 Å². The third kappa shape index (κ3) is 3.32. The predicted octanol–water partition coefficient (Wildman–Crippen LogP) is 3.70. The average Bonchev–Trinajstić information content (AvgIpc) is 3.19. The quantitative estimate of drug-likeness (QED) is 0.599. The van der Waals surface area contributed by atoms with Crippen molar-refractivity contribution < 1.29 is 9.84 Å². The number of ether oxygens (including phenoxy) is 1. The van der Waals surface area contributed by atoms with Crippen molar-refractivity contribution in [3.8, 4) is 40.7 Å². The van der Waals surface area contributed by atoms with Crippen LogP contribution in [0.25, 0.3) is 17.1 Å². The van der Waals surface area contributed by atoms with Gasteiger partial charge in [-0.05, 0) is 48.5 Å². The highest BCUT2D eigenvalue weighted by molar-refractivity contribution is 5.62. The van der Waals surface area contributed by atoms with Gasteiger partial charge in [0, 0.05) is 30.4 Å². The molecule has 4 aromatic rings. The molecule has 7 nitrogen and oxygen atoms in total. The van der Waals surface area contributed by atoms with E-state index in [1.165, 1.54) is 6.07 Å². The second-order valence-electron chi connectivity index (χ2n) is 5.59. The van der Waals surface area contributed by atoms with Gasteiger partial charge in [0.25, 0.3) is 0 Å². The lowest BCUT2D eigenvalue weighted by Crippen LogP contribution is -1.98. The molecule has 0 aliphatic rings. The van der Waals surface area contributed by atoms with Gasteiger partial charge in [0.05, 0.1) is 17.3 Å². The zero-order chi connectivity index (χ0) is 18.6. The molecule has 0 fully saturated rings. The number of benzene rings is 2. The van der Waals surface area contributed by atoms with Gasteiger partial charge < -0.3 is 9.84 Å². The first kappa shape index (κ1) is 16.3. The van der Waals surface area contributed by atoms with E-state index in [4.69, 9.17) is 10.00 Å². The summed E-state index contributed by atoms with van der Waals surface area (Å²) in [6, 6.07) is 16.0. The molecule has 1 N–H and O–H groups in total. The smallest absolute Gasteiger partial charge is 0.321 e. The lowest BCUT2D eigenvalue weighted by molar-refractivity contribution is 0.442. The second-order valence-corrected chi connectivity index (χ2v) is 5.59. The van der Waals surface area contributed by atoms with Crippen LogP contribution in [0.5, 0.6) is 17.5 Å². The minimum absolute atomic E-state index is 0.0643. The Labute approximate surface area is 154 Å². The monoisotopic (exact) mass is 355 g/mol. The van der Waals surface area contributed by atoms with Gasteiger partial charge in [0.1, 0.15) is 17.3 Å². The van der Waals surface area contributed by atoms with E-state index >= 15 is 0 Å². The summed E-state index contributed by atoms with van der Waals surface area (Å²) in [6.07, 6.45) is 6.58. The summed E-state index contributed by atoms with van der Waals surface area (Å²) < 4.78 is 7.32. The van der Waals surface area contributed by atoms with Crippen LogP contribution in [0.3, 0.4) is 0 Å². The highest BCUT2D eigenvalue weighted by Crippen LogP contribution is 2.29. The topological polar surface area (TPSA) is 96.8 Å². The van der Waals surface area contributed by atoms with Crippen molar-refractivity contribution in [3.05, 3.63) is 78.9 Å². The van der Waals surface area contributed by atoms with Gasteiger partial charge in [-0.15, -0.1) is 0 Å². The van der Waals surface area contributed by atoms with E-state index in [2.05, 4.69) is 21.0 Å². The second kappa shape index (κ2) is 6.98. The molecule has 27 heavy (non-hydrogen) atoms. The zero-order valence-electron chi connectivity index (χ0n) is 14.0. The molecule has 0 aliphatic carbocycles. The fraction of sp³-hybridized carbons (Fsp3) is 0. The van der Waals surface area contributed by atoms with Gasteiger partial charge in [-0.25, -0.2) is 15.0 Å². The summed E-state index contributed by atoms with van der Waals surface area (Å²) in [6.45, 7) is 0. The summed E-state index contributed by atoms with van der Waals surface area (Å²) in [5.74, 6) is 1.29. The molecule has 0 aliphatic heterocycles. The molecule has 0 bridgehead atoms. The molecule has 130 valence electrons. The van der Waals surface area contributed by atoms with Crippen molar-refractivity contribution in [2.45, 2.75) is 0 Å². The number of phenols is 1. The van der Waals surface area contributed by atoms with Crippen LogP contribution in [-0.2, 0) is 0 Å². The number of nitrogens with zero attached hydrogens (tertiary/aromatic N) is 5. The largest absolute Gasteiger partial charge is 0.506 e. The number of imidazole rings is 1. The molecule has 0 atom stereocenters. The van der Waals surface area contributed by atoms with Crippen LogP contribution in [-0.4, -0.2) is 24.6 Å². The zero-order valence-corrected chi connectivity index (χ0v) is 14.0. The van der Waals surface area contributed by atoms with Gasteiger partial charge >= 0.3 is 6.01 Å². The SMILES string of the molecule is N#Cc1ccc(O)c(-n2ccnc2-c2ccc(Oc3ncccn3)cc2)c1. The Morgan fingerprint density at radius 2 is 1.74 bits per heavy atom. The summed E-state index contributed by atoms with van der Waals surface area (Å²) in [5.41, 5.74) is 1.76. The molecule has 0 saturated carbocycles. The van der Waals surface area contributed by atoms with E-state index in [1.807, 2.05) is 12.1 Å². The first-order valence-electron chi connectivity index (χ1n) is 8.07. The van der Waals surface area contributed by atoms with Crippen molar-refractivity contribution in [2.75, 3.05) is 0 Å². The van der Waals surface area contributed by atoms with Crippen molar-refractivity contribution >= 4 is 0 Å². The minimum Gasteiger partial charge on any atom is -0.506 e. The number of hydrogen-bond donors (Lipinski definition) is 1. The van der Waals surface area contributed by atoms with E-state index < -0.39 is 0 Å². The summed E-state index contributed by atoms with van der Waals surface area (Å²) in [4.78, 5) is 12.4. The first-order valence-corrected chi connectivity index (χ1v) is 8.07. The van der Waals surface area contributed by atoms with Crippen LogP contribution in [0.1, 0.15) is 5.56 Å². The molecule has 2 heterocycles. The van der Waals surface area contributed by atoms with Gasteiger partial charge in [-0.1, -0.05) is 0 Å². The minimum atomic E-state index is 0.0643. The van der Waals surface area contributed by atoms with Gasteiger partial charge in [0.2, 0.25) is 0 Å². The fourth-order valence-electron chi connectivity index (χ4n) is 2.61. The van der Waals surface area contributed by atoms with Crippen LogP contribution in [0.15, 0.2) is 73.3 Å². The van der Waals surface area contributed by atoms with Crippen molar-refractivity contribution in [1.29, 1.82) is 5.26 Å². The number of aromatic hydroxyl groups is 1. The van der Waals surface area contributed by atoms with Crippen LogP contribution >= 0.6 is 0 Å². The Balaban J connectivity index is 1.66. The van der Waals surface area contributed by atoms with Gasteiger partial charge in [-0.2, -0.15) is 5.26 Å². The molecule has 4 rings (SSSR count). The molecular formula is C20H13N5O2. The molecule has 0 radical (unpaired) electrons. The molecule has 0 unspecified atom stereocenters. The summed E-state index contributed by atoms with van der Waals surface area (Å²) >= 11 is 0. The van der Waals surface area contributed by atoms with E-state index in [0.29, 0.717) is 22.8 Å². The Kier molecular flexibility index (Phi) is 4.21. The summed E-state index contributed by atoms with van der Waals surface area (Å²) in [7, 11) is 0. The standard InChI is InChI=1S/C20H13N5O2/c21-13-14-2-7-18(26)17(12-14)25-11-10-22-19(25)15-3-5-16(6-4-15)27-20-23-8-1-9-24-20/h1-12,26H. The number of phenolic OH excluding ortho intramolecular Hbond substituents is 1. The highest BCUT2D eigenvalue weighted by Gasteiger charge is 2.12. The van der Waals surface area contributed by atoms with Crippen LogP contribution in [0, 0.1) is 11.3 Å². The maximum atomic E-state index is 10.2. The fourth-order valence-corrected chi connectivity index (χ4v) is 2.61. The molecular weight excluding hydrogens is 342 g/mol. The molecule has 0 saturated heterocycles. The van der Waals surface area contributed by atoms with Crippen molar-refractivity contribution in [3.63, 3.8) is 0 Å². The van der Waals surface area contributed by atoms with Gasteiger partial charge in [-0.3, -0.25) is 4.57 Å². The van der Waals surface area contributed by atoms with Crippen LogP contribution < -0.4 is 4.74 Å². The van der Waals surface area contributed by atoms with E-state index in [0.717, 1.165) is 5.56 Å². The molecule has 0 spiro atoms. The number of hydrogen-bond acceptors (Lipinski definition) is 6. The Morgan fingerprint density at radius 1 is 0.963 bits per heavy atom. The maximum absolute atomic E-state index is 10.2. The van der Waals surface area contributed by atoms with E-state index in [9.17, 15) is 5.11 Å². The Morgan fingerprint density at radius 3 is 2.48 bits per heavy atom. The normalized spacial score (nSPS) is 10.3. The predicted molar refractivity (Wildman–Crippen MR) is 97.5 cm³/mol. The maximum Gasteiger partial charge on any atom is 0.321 e. The number of rotatable bonds is 4. The molecule has 2 aromatic heterocycles. The van der Waals surface area contributed by atoms with E-state index in [1.54, 1.807) is 59.7 Å².